The third-order valence-corrected chi connectivity index (χ3v) is 3.04. The Morgan fingerprint density at radius 2 is 2.47 bits per heavy atom. The van der Waals surface area contributed by atoms with Crippen LogP contribution >= 0.6 is 12.4 Å². The maximum Gasteiger partial charge on any atom is 0.242 e. The molecule has 1 aliphatic heterocycles. The summed E-state index contributed by atoms with van der Waals surface area (Å²) in [6.45, 7) is 2.22. The first-order valence-corrected chi connectivity index (χ1v) is 6.36. The van der Waals surface area contributed by atoms with E-state index in [4.69, 9.17) is 4.74 Å². The third kappa shape index (κ3) is 4.81. The highest BCUT2D eigenvalue weighted by Crippen LogP contribution is 2.10. The summed E-state index contributed by atoms with van der Waals surface area (Å²) < 4.78 is 6.73. The standard InChI is InChI=1S/C12H20N4O2.ClH/c1-18-9-8-16-7-5-11(15-16)14-12(17)10-4-2-3-6-13-10;/h5,7,10,13H,2-4,6,8-9H2,1H3,(H,14,15,17);1H. The number of rotatable bonds is 5. The molecule has 108 valence electrons. The lowest BCUT2D eigenvalue weighted by Crippen LogP contribution is -2.43. The van der Waals surface area contributed by atoms with Gasteiger partial charge in [0, 0.05) is 19.4 Å². The fourth-order valence-corrected chi connectivity index (χ4v) is 2.03. The van der Waals surface area contributed by atoms with Crippen molar-refractivity contribution in [3.63, 3.8) is 0 Å². The van der Waals surface area contributed by atoms with Gasteiger partial charge in [-0.05, 0) is 19.4 Å². The second-order valence-electron chi connectivity index (χ2n) is 4.45. The molecule has 1 saturated heterocycles. The third-order valence-electron chi connectivity index (χ3n) is 3.04. The van der Waals surface area contributed by atoms with E-state index in [0.717, 1.165) is 25.8 Å². The number of hydrogen-bond acceptors (Lipinski definition) is 4. The van der Waals surface area contributed by atoms with Gasteiger partial charge in [-0.15, -0.1) is 12.4 Å². The summed E-state index contributed by atoms with van der Waals surface area (Å²) in [4.78, 5) is 11.9. The van der Waals surface area contributed by atoms with Gasteiger partial charge in [-0.3, -0.25) is 9.48 Å². The number of amides is 1. The molecule has 1 fully saturated rings. The van der Waals surface area contributed by atoms with Gasteiger partial charge < -0.3 is 15.4 Å². The molecule has 1 aliphatic rings. The summed E-state index contributed by atoms with van der Waals surface area (Å²) >= 11 is 0. The van der Waals surface area contributed by atoms with Crippen LogP contribution in [0.3, 0.4) is 0 Å². The summed E-state index contributed by atoms with van der Waals surface area (Å²) in [6, 6.07) is 1.72. The minimum absolute atomic E-state index is 0. The number of nitrogens with one attached hydrogen (secondary N) is 2. The minimum atomic E-state index is -0.0807. The lowest BCUT2D eigenvalue weighted by molar-refractivity contribution is -0.118. The summed E-state index contributed by atoms with van der Waals surface area (Å²) in [6.07, 6.45) is 4.99. The highest BCUT2D eigenvalue weighted by molar-refractivity contribution is 5.94. The van der Waals surface area contributed by atoms with Crippen LogP contribution in [-0.4, -0.2) is 42.0 Å². The van der Waals surface area contributed by atoms with Crippen LogP contribution in [0.25, 0.3) is 0 Å². The van der Waals surface area contributed by atoms with Gasteiger partial charge in [0.1, 0.15) is 0 Å². The van der Waals surface area contributed by atoms with E-state index in [1.807, 2.05) is 6.20 Å². The molecule has 2 rings (SSSR count). The number of carbonyl (C=O) groups is 1. The Hall–Kier alpha value is -1.11. The summed E-state index contributed by atoms with van der Waals surface area (Å²) in [5.41, 5.74) is 0. The monoisotopic (exact) mass is 288 g/mol. The lowest BCUT2D eigenvalue weighted by Gasteiger charge is -2.21. The first-order valence-electron chi connectivity index (χ1n) is 6.36. The van der Waals surface area contributed by atoms with Crippen molar-refractivity contribution in [3.05, 3.63) is 12.3 Å². The summed E-state index contributed by atoms with van der Waals surface area (Å²) in [7, 11) is 1.65. The van der Waals surface area contributed by atoms with Crippen LogP contribution in [0.2, 0.25) is 0 Å². The van der Waals surface area contributed by atoms with E-state index in [9.17, 15) is 4.79 Å². The Balaban J connectivity index is 0.00000180. The van der Waals surface area contributed by atoms with E-state index in [0.29, 0.717) is 19.0 Å². The van der Waals surface area contributed by atoms with Crippen molar-refractivity contribution in [2.24, 2.45) is 0 Å². The molecule has 19 heavy (non-hydrogen) atoms. The minimum Gasteiger partial charge on any atom is -0.383 e. The van der Waals surface area contributed by atoms with Crippen molar-refractivity contribution >= 4 is 24.1 Å². The van der Waals surface area contributed by atoms with Crippen LogP contribution in [0.15, 0.2) is 12.3 Å². The van der Waals surface area contributed by atoms with Crippen molar-refractivity contribution < 1.29 is 9.53 Å². The van der Waals surface area contributed by atoms with Crippen LogP contribution in [0, 0.1) is 0 Å². The van der Waals surface area contributed by atoms with Crippen molar-refractivity contribution in [1.29, 1.82) is 0 Å². The fraction of sp³-hybridized carbons (Fsp3) is 0.667. The van der Waals surface area contributed by atoms with E-state index in [1.54, 1.807) is 17.9 Å². The van der Waals surface area contributed by atoms with Gasteiger partial charge in [0.25, 0.3) is 0 Å². The van der Waals surface area contributed by atoms with Gasteiger partial charge in [-0.1, -0.05) is 6.42 Å². The molecule has 2 N–H and O–H groups in total. The van der Waals surface area contributed by atoms with Gasteiger partial charge in [0.2, 0.25) is 5.91 Å². The van der Waals surface area contributed by atoms with E-state index in [-0.39, 0.29) is 24.4 Å². The Morgan fingerprint density at radius 1 is 1.63 bits per heavy atom. The topological polar surface area (TPSA) is 68.2 Å². The normalized spacial score (nSPS) is 18.7. The first kappa shape index (κ1) is 15.9. The number of methoxy groups -OCH3 is 1. The van der Waals surface area contributed by atoms with E-state index < -0.39 is 0 Å². The summed E-state index contributed by atoms with van der Waals surface area (Å²) in [5, 5.41) is 10.3. The molecule has 7 heteroatoms. The smallest absolute Gasteiger partial charge is 0.242 e. The lowest BCUT2D eigenvalue weighted by atomic mass is 10.0. The number of carbonyl (C=O) groups excluding carboxylic acids is 1. The van der Waals surface area contributed by atoms with Gasteiger partial charge in [0.15, 0.2) is 5.82 Å². The molecule has 0 saturated carbocycles. The molecule has 6 nitrogen and oxygen atoms in total. The Labute approximate surface area is 119 Å². The predicted octanol–water partition coefficient (Wildman–Crippen LogP) is 1.03. The highest BCUT2D eigenvalue weighted by atomic mass is 35.5. The van der Waals surface area contributed by atoms with Gasteiger partial charge in [-0.25, -0.2) is 0 Å². The zero-order valence-electron chi connectivity index (χ0n) is 11.1. The highest BCUT2D eigenvalue weighted by Gasteiger charge is 2.20. The Morgan fingerprint density at radius 3 is 3.16 bits per heavy atom. The molecule has 0 aliphatic carbocycles. The second-order valence-corrected chi connectivity index (χ2v) is 4.45. The number of nitrogens with zero attached hydrogens (tertiary/aromatic N) is 2. The van der Waals surface area contributed by atoms with Gasteiger partial charge in [-0.2, -0.15) is 5.10 Å². The molecule has 2 heterocycles. The summed E-state index contributed by atoms with van der Waals surface area (Å²) in [5.74, 6) is 0.607. The SMILES string of the molecule is COCCn1ccc(NC(=O)C2CCCCN2)n1.Cl. The number of halogens is 1. The molecule has 1 atom stereocenters. The van der Waals surface area contributed by atoms with Crippen molar-refractivity contribution in [3.8, 4) is 0 Å². The zero-order valence-corrected chi connectivity index (χ0v) is 11.9. The molecule has 0 bridgehead atoms. The molecule has 0 radical (unpaired) electrons. The van der Waals surface area contributed by atoms with Crippen LogP contribution in [0.1, 0.15) is 19.3 Å². The van der Waals surface area contributed by atoms with Crippen molar-refractivity contribution in [2.45, 2.75) is 31.8 Å². The van der Waals surface area contributed by atoms with E-state index >= 15 is 0 Å². The maximum atomic E-state index is 11.9. The number of aromatic nitrogens is 2. The van der Waals surface area contributed by atoms with E-state index in [2.05, 4.69) is 15.7 Å². The fourth-order valence-electron chi connectivity index (χ4n) is 2.03. The Kier molecular flexibility index (Phi) is 6.83. The second kappa shape index (κ2) is 8.14. The largest absolute Gasteiger partial charge is 0.383 e. The molecule has 1 aromatic heterocycles. The molecule has 1 unspecified atom stereocenters. The number of ether oxygens (including phenoxy) is 1. The predicted molar refractivity (Wildman–Crippen MR) is 75.6 cm³/mol. The van der Waals surface area contributed by atoms with Crippen molar-refractivity contribution in [2.75, 3.05) is 25.6 Å². The average molecular weight is 289 g/mol. The average Bonchev–Trinajstić information content (AvgIpc) is 2.85. The van der Waals surface area contributed by atoms with Crippen LogP contribution in [0.5, 0.6) is 0 Å². The molecular formula is C12H21ClN4O2. The first-order chi connectivity index (χ1) is 8.79. The van der Waals surface area contributed by atoms with Crippen LogP contribution in [-0.2, 0) is 16.1 Å². The molecular weight excluding hydrogens is 268 g/mol. The van der Waals surface area contributed by atoms with Crippen LogP contribution < -0.4 is 10.6 Å². The molecule has 1 amide bonds. The van der Waals surface area contributed by atoms with Crippen LogP contribution in [0.4, 0.5) is 5.82 Å². The number of hydrogen-bond donors (Lipinski definition) is 2. The van der Waals surface area contributed by atoms with Gasteiger partial charge in [0.05, 0.1) is 19.2 Å². The maximum absolute atomic E-state index is 11.9. The quantitative estimate of drug-likeness (QED) is 0.849. The Bertz CT molecular complexity index is 391. The number of piperidine rings is 1. The molecule has 1 aromatic rings. The zero-order chi connectivity index (χ0) is 12.8. The molecule has 0 aromatic carbocycles. The van der Waals surface area contributed by atoms with E-state index in [1.165, 1.54) is 0 Å². The van der Waals surface area contributed by atoms with Gasteiger partial charge >= 0.3 is 0 Å². The number of anilines is 1. The molecule has 0 spiro atoms. The van der Waals surface area contributed by atoms with Crippen molar-refractivity contribution in [1.82, 2.24) is 15.1 Å².